The fourth-order valence-electron chi connectivity index (χ4n) is 12.0. The molecular weight excluding hydrogens is 1040 g/mol. The molecular formula is C65H84N4O13. The number of hydrogen-bond acceptors (Lipinski definition) is 13. The van der Waals surface area contributed by atoms with E-state index >= 15 is 0 Å². The number of anilines is 1. The molecule has 6 N–H and O–H groups in total. The number of fused-ring (bicyclic) bond motifs is 3. The topological polar surface area (TPSA) is 240 Å². The molecule has 0 bridgehead atoms. The number of rotatable bonds is 23. The molecule has 3 aromatic rings. The normalized spacial score (nSPS) is 27.2. The minimum atomic E-state index is -0.969. The Balaban J connectivity index is 0.726. The molecule has 11 atom stereocenters. The Bertz CT molecular complexity index is 2790. The lowest BCUT2D eigenvalue weighted by Crippen LogP contribution is -2.53. The summed E-state index contributed by atoms with van der Waals surface area (Å²) < 4.78 is 30.1. The summed E-state index contributed by atoms with van der Waals surface area (Å²) >= 11 is 0. The van der Waals surface area contributed by atoms with Gasteiger partial charge in [0.05, 0.1) is 37.1 Å². The Kier molecular flexibility index (Phi) is 21.2. The number of alkyl carbamates (subject to hydrolysis) is 1. The number of epoxide rings is 1. The highest BCUT2D eigenvalue weighted by atomic mass is 16.6. The molecule has 442 valence electrons. The molecule has 17 heteroatoms. The average Bonchev–Trinajstić information content (AvgIpc) is 3.00. The van der Waals surface area contributed by atoms with Crippen molar-refractivity contribution in [3.05, 3.63) is 125 Å². The van der Waals surface area contributed by atoms with Gasteiger partial charge >= 0.3 is 12.1 Å². The third-order valence-electron chi connectivity index (χ3n) is 16.8. The summed E-state index contributed by atoms with van der Waals surface area (Å²) in [4.78, 5) is 79.2. The number of amides is 4. The summed E-state index contributed by atoms with van der Waals surface area (Å²) in [5.41, 5.74) is 5.85. The highest BCUT2D eigenvalue weighted by Crippen LogP contribution is 2.45. The van der Waals surface area contributed by atoms with Crippen LogP contribution in [0.25, 0.3) is 11.1 Å². The zero-order valence-corrected chi connectivity index (χ0v) is 48.5. The predicted molar refractivity (Wildman–Crippen MR) is 310 cm³/mol. The van der Waals surface area contributed by atoms with E-state index in [0.29, 0.717) is 50.8 Å². The van der Waals surface area contributed by atoms with Crippen LogP contribution in [0.1, 0.15) is 135 Å². The van der Waals surface area contributed by atoms with Crippen molar-refractivity contribution in [1.82, 2.24) is 16.0 Å². The lowest BCUT2D eigenvalue weighted by molar-refractivity contribution is -0.151. The van der Waals surface area contributed by atoms with Crippen LogP contribution in [0.3, 0.4) is 0 Å². The number of aliphatic hydroxyl groups excluding tert-OH is 2. The smallest absolute Gasteiger partial charge is 0.407 e. The van der Waals surface area contributed by atoms with Gasteiger partial charge in [0.15, 0.2) is 0 Å². The van der Waals surface area contributed by atoms with Gasteiger partial charge in [-0.3, -0.25) is 24.0 Å². The van der Waals surface area contributed by atoms with E-state index in [0.717, 1.165) is 52.7 Å². The van der Waals surface area contributed by atoms with Crippen molar-refractivity contribution < 1.29 is 62.7 Å². The number of carbonyl (C=O) groups is 6. The Labute approximate surface area is 482 Å². The first-order chi connectivity index (χ1) is 39.2. The standard InChI is InChI=1S/C65H84N4O13/c1-38(2)60(69-64(77)78-36-53-51-17-11-9-15-49(51)50-16-10-12-18-52(50)53)63(76)66-42(6)62(75)68-54-19-13-8-14-45(54)25-31-59(73)82-47-26-23-44(24-27-47)33-46(71)34-48-35-65(37-79-65)61(74)57(81-48)29-21-39(3)20-28-56-40(4)32-55(43(7)80-56)67-58(72)30-22-41(5)70/h8-22,29-30,38,40-44,47-48,53,55-57,60-61,70,74H,23-28,31-37H2,1-7H3,(H,66,76)(H,67,72)(H,68,75)(H,69,77)/b29-21+,30-22-,39-20+/t40-,41-,42-,43+,44?,47?,48+,55+,56-,57+,60-,61+,65+/m0/s1. The van der Waals surface area contributed by atoms with E-state index in [4.69, 9.17) is 23.7 Å². The number of aryl methyl sites for hydroxylation is 1. The second-order valence-electron chi connectivity index (χ2n) is 23.7. The van der Waals surface area contributed by atoms with Crippen molar-refractivity contribution in [1.29, 1.82) is 0 Å². The summed E-state index contributed by atoms with van der Waals surface area (Å²) in [7, 11) is 0. The second-order valence-corrected chi connectivity index (χ2v) is 23.7. The first-order valence-corrected chi connectivity index (χ1v) is 29.4. The fourth-order valence-corrected chi connectivity index (χ4v) is 12.0. The van der Waals surface area contributed by atoms with Gasteiger partial charge in [-0.15, -0.1) is 0 Å². The Morgan fingerprint density at radius 2 is 1.50 bits per heavy atom. The molecule has 5 aliphatic rings. The number of esters is 1. The summed E-state index contributed by atoms with van der Waals surface area (Å²) in [5.74, 6) is -1.62. The number of benzene rings is 3. The van der Waals surface area contributed by atoms with Crippen molar-refractivity contribution in [2.45, 2.75) is 191 Å². The van der Waals surface area contributed by atoms with Crippen LogP contribution >= 0.6 is 0 Å². The molecule has 1 spiro atoms. The number of hydrogen-bond donors (Lipinski definition) is 6. The zero-order chi connectivity index (χ0) is 58.7. The first-order valence-electron chi connectivity index (χ1n) is 29.4. The molecule has 3 saturated heterocycles. The number of ether oxygens (including phenoxy) is 5. The van der Waals surface area contributed by atoms with Gasteiger partial charge in [-0.25, -0.2) is 4.79 Å². The van der Waals surface area contributed by atoms with E-state index in [2.05, 4.69) is 46.4 Å². The maximum atomic E-state index is 13.5. The molecule has 3 aliphatic heterocycles. The van der Waals surface area contributed by atoms with E-state index in [9.17, 15) is 39.0 Å². The van der Waals surface area contributed by atoms with Crippen LogP contribution in [0.5, 0.6) is 0 Å². The third-order valence-corrected chi connectivity index (χ3v) is 16.8. The molecule has 8 rings (SSSR count). The van der Waals surface area contributed by atoms with Crippen LogP contribution in [-0.2, 0) is 54.1 Å². The lowest BCUT2D eigenvalue weighted by atomic mass is 9.82. The highest BCUT2D eigenvalue weighted by molar-refractivity contribution is 5.98. The number of para-hydroxylation sites is 1. The van der Waals surface area contributed by atoms with Crippen LogP contribution in [0.4, 0.5) is 10.5 Å². The number of nitrogens with one attached hydrogen (secondary N) is 4. The summed E-state index contributed by atoms with van der Waals surface area (Å²) in [6.45, 7) is 13.3. The van der Waals surface area contributed by atoms with Gasteiger partial charge in [0.2, 0.25) is 17.7 Å². The van der Waals surface area contributed by atoms with E-state index in [1.54, 1.807) is 39.8 Å². The molecule has 17 nitrogen and oxygen atoms in total. The van der Waals surface area contributed by atoms with Gasteiger partial charge in [0.1, 0.15) is 48.4 Å². The Morgan fingerprint density at radius 3 is 2.17 bits per heavy atom. The number of carbonyl (C=O) groups excluding carboxylic acids is 6. The number of ketones is 1. The second kappa shape index (κ2) is 28.2. The minimum Gasteiger partial charge on any atom is -0.462 e. The average molecular weight is 1130 g/mol. The summed E-state index contributed by atoms with van der Waals surface area (Å²) in [5, 5.41) is 32.1. The van der Waals surface area contributed by atoms with Gasteiger partial charge in [-0.2, -0.15) is 0 Å². The van der Waals surface area contributed by atoms with Crippen LogP contribution in [0.15, 0.2) is 109 Å². The molecule has 1 saturated carbocycles. The van der Waals surface area contributed by atoms with Gasteiger partial charge in [-0.1, -0.05) is 117 Å². The maximum absolute atomic E-state index is 13.5. The van der Waals surface area contributed by atoms with Crippen molar-refractivity contribution in [3.63, 3.8) is 0 Å². The lowest BCUT2D eigenvalue weighted by Gasteiger charge is -2.39. The Hall–Kier alpha value is -6.50. The number of Topliss-reactive ketones (excluding diaryl/α,β-unsaturated/α-hetero) is 1. The van der Waals surface area contributed by atoms with E-state index in [1.807, 2.05) is 74.5 Å². The molecule has 4 fully saturated rings. The number of allylic oxidation sites excluding steroid dienone is 2. The van der Waals surface area contributed by atoms with Gasteiger partial charge in [-0.05, 0) is 124 Å². The fraction of sp³-hybridized carbons (Fsp3) is 0.538. The van der Waals surface area contributed by atoms with E-state index in [1.165, 1.54) is 12.2 Å². The molecule has 0 unspecified atom stereocenters. The molecule has 82 heavy (non-hydrogen) atoms. The predicted octanol–water partition coefficient (Wildman–Crippen LogP) is 8.49. The molecule has 2 aliphatic carbocycles. The Morgan fingerprint density at radius 1 is 0.829 bits per heavy atom. The van der Waals surface area contributed by atoms with Crippen molar-refractivity contribution >= 4 is 41.3 Å². The summed E-state index contributed by atoms with van der Waals surface area (Å²) in [6.07, 6.45) is 10.5. The molecule has 0 radical (unpaired) electrons. The molecule has 4 amide bonds. The highest BCUT2D eigenvalue weighted by Gasteiger charge is 2.58. The minimum absolute atomic E-state index is 0.0341. The van der Waals surface area contributed by atoms with Gasteiger partial charge in [0, 0.05) is 43.4 Å². The van der Waals surface area contributed by atoms with Crippen molar-refractivity contribution in [3.8, 4) is 11.1 Å². The first kappa shape index (κ1) is 61.6. The van der Waals surface area contributed by atoms with Crippen LogP contribution in [0.2, 0.25) is 0 Å². The third kappa shape index (κ3) is 16.4. The largest absolute Gasteiger partial charge is 0.462 e. The summed E-state index contributed by atoms with van der Waals surface area (Å²) in [6, 6.07) is 21.2. The molecule has 3 aromatic carbocycles. The van der Waals surface area contributed by atoms with Crippen LogP contribution in [-0.4, -0.2) is 125 Å². The van der Waals surface area contributed by atoms with Gasteiger partial charge in [0.25, 0.3) is 0 Å². The molecule has 0 aromatic heterocycles. The quantitative estimate of drug-likeness (QED) is 0.0226. The zero-order valence-electron chi connectivity index (χ0n) is 48.5. The van der Waals surface area contributed by atoms with Crippen molar-refractivity contribution in [2.24, 2.45) is 17.8 Å². The monoisotopic (exact) mass is 1130 g/mol. The van der Waals surface area contributed by atoms with E-state index < -0.39 is 60.0 Å². The number of aliphatic hydroxyl groups is 2. The van der Waals surface area contributed by atoms with E-state index in [-0.39, 0.29) is 85.1 Å². The van der Waals surface area contributed by atoms with Crippen LogP contribution < -0.4 is 21.3 Å². The maximum Gasteiger partial charge on any atom is 0.407 e. The van der Waals surface area contributed by atoms with Crippen LogP contribution in [0, 0.1) is 17.8 Å². The van der Waals surface area contributed by atoms with Gasteiger partial charge < -0.3 is 55.2 Å². The molecule has 3 heterocycles. The van der Waals surface area contributed by atoms with Crippen molar-refractivity contribution in [2.75, 3.05) is 18.5 Å². The SMILES string of the molecule is CC(/C=C/[C@H]1O[C@H](CC(=O)CC2CCC(OC(=O)CCc3ccccc3NC(=O)[C@H](C)NC(=O)[C@@H](NC(=O)OCC3c4ccccc4-c4ccccc43)C(C)C)CC2)C[C@@]2(CO2)[C@@H]1O)=C\C[C@@H]1O[C@H](C)[C@H](NC(=O)/C=C\[C@H](C)O)C[C@@H]1C.